The second-order valence-electron chi connectivity index (χ2n) is 9.69. The van der Waals surface area contributed by atoms with Crippen LogP contribution in [0.3, 0.4) is 0 Å². The first-order chi connectivity index (χ1) is 19.1. The van der Waals surface area contributed by atoms with Crippen LogP contribution in [-0.4, -0.2) is 29.4 Å². The minimum Gasteiger partial charge on any atom is -0.439 e. The lowest BCUT2D eigenvalue weighted by Crippen LogP contribution is -2.19. The van der Waals surface area contributed by atoms with Crippen LogP contribution in [-0.2, 0) is 4.74 Å². The van der Waals surface area contributed by atoms with Crippen LogP contribution in [0.1, 0.15) is 99.2 Å². The predicted octanol–water partition coefficient (Wildman–Crippen LogP) is 9.39. The van der Waals surface area contributed by atoms with E-state index in [1.807, 2.05) is 25.1 Å². The molecule has 1 aromatic rings. The van der Waals surface area contributed by atoms with Crippen LogP contribution < -0.4 is 5.32 Å². The summed E-state index contributed by atoms with van der Waals surface area (Å²) in [4.78, 5) is 24.7. The molecule has 1 aliphatic heterocycles. The van der Waals surface area contributed by atoms with Gasteiger partial charge in [0.25, 0.3) is 0 Å². The topological polar surface area (TPSA) is 55.4 Å². The summed E-state index contributed by atoms with van der Waals surface area (Å²) < 4.78 is 5.30. The number of carbonyl (C=O) groups excluding carboxylic acids is 2. The molecule has 0 bridgehead atoms. The van der Waals surface area contributed by atoms with E-state index < -0.39 is 6.09 Å². The highest BCUT2D eigenvalue weighted by Gasteiger charge is 2.26. The second-order valence-corrected chi connectivity index (χ2v) is 11.0. The molecule has 1 aliphatic rings. The van der Waals surface area contributed by atoms with E-state index in [0.717, 1.165) is 80.2 Å². The van der Waals surface area contributed by atoms with Crippen LogP contribution in [0.25, 0.3) is 0 Å². The zero-order chi connectivity index (χ0) is 28.1. The molecule has 0 aromatic heterocycles. The maximum atomic E-state index is 13.3. The quantitative estimate of drug-likeness (QED) is 0.106. The van der Waals surface area contributed by atoms with E-state index in [1.165, 1.54) is 0 Å². The Bertz CT molecular complexity index is 1020. The number of amides is 1. The fourth-order valence-electron chi connectivity index (χ4n) is 4.19. The van der Waals surface area contributed by atoms with Crippen molar-refractivity contribution in [1.29, 1.82) is 0 Å². The van der Waals surface area contributed by atoms with Crippen LogP contribution in [0.4, 0.5) is 4.79 Å². The van der Waals surface area contributed by atoms with Gasteiger partial charge in [-0.15, -0.1) is 0 Å². The van der Waals surface area contributed by atoms with Crippen molar-refractivity contribution in [2.24, 2.45) is 0 Å². The zero-order valence-corrected chi connectivity index (χ0v) is 24.9. The molecule has 1 fully saturated rings. The van der Waals surface area contributed by atoms with Crippen LogP contribution in [0.5, 0.6) is 0 Å². The third-order valence-corrected chi connectivity index (χ3v) is 7.96. The number of Topliss-reactive ketones (excluding diaryl/α,β-unsaturated/α-hetero) is 1. The number of cyclic esters (lactones) is 1. The SMILES string of the molecule is CC/C=C\C/C=C\C/C=C\C/C=C\C/C=C\CCCCSC(CC)C(=O)c1cc([C@@H]2CNC(=O)O2)ccc1C. The molecule has 1 N–H and O–H groups in total. The van der Waals surface area contributed by atoms with Gasteiger partial charge in [0.05, 0.1) is 11.8 Å². The Labute approximate surface area is 240 Å². The van der Waals surface area contributed by atoms with Gasteiger partial charge in [-0.05, 0) is 87.7 Å². The van der Waals surface area contributed by atoms with Crippen molar-refractivity contribution in [3.05, 3.63) is 95.6 Å². The monoisotopic (exact) mass is 549 g/mol. The van der Waals surface area contributed by atoms with E-state index in [4.69, 9.17) is 4.74 Å². The van der Waals surface area contributed by atoms with E-state index in [0.29, 0.717) is 6.54 Å². The lowest BCUT2D eigenvalue weighted by Gasteiger charge is -2.17. The van der Waals surface area contributed by atoms with Gasteiger partial charge in [-0.2, -0.15) is 11.8 Å². The highest BCUT2D eigenvalue weighted by Crippen LogP contribution is 2.27. The summed E-state index contributed by atoms with van der Waals surface area (Å²) in [5.41, 5.74) is 2.59. The van der Waals surface area contributed by atoms with Gasteiger partial charge in [0.15, 0.2) is 5.78 Å². The Morgan fingerprint density at radius 1 is 0.949 bits per heavy atom. The van der Waals surface area contributed by atoms with Crippen molar-refractivity contribution in [2.45, 2.75) is 89.9 Å². The number of aryl methyl sites for hydroxylation is 1. The predicted molar refractivity (Wildman–Crippen MR) is 168 cm³/mol. The molecule has 2 rings (SSSR count). The molecule has 212 valence electrons. The number of unbranched alkanes of at least 4 members (excludes halogenated alkanes) is 2. The summed E-state index contributed by atoms with van der Waals surface area (Å²) in [5.74, 6) is 1.16. The van der Waals surface area contributed by atoms with Crippen molar-refractivity contribution in [3.63, 3.8) is 0 Å². The molecule has 0 saturated carbocycles. The van der Waals surface area contributed by atoms with Crippen molar-refractivity contribution in [2.75, 3.05) is 12.3 Å². The van der Waals surface area contributed by atoms with E-state index in [2.05, 4.69) is 79.9 Å². The Kier molecular flexibility index (Phi) is 16.8. The van der Waals surface area contributed by atoms with Crippen LogP contribution in [0, 0.1) is 6.92 Å². The van der Waals surface area contributed by atoms with E-state index in [-0.39, 0.29) is 17.1 Å². The third kappa shape index (κ3) is 13.2. The first kappa shape index (κ1) is 32.4. The van der Waals surface area contributed by atoms with E-state index in [9.17, 15) is 9.59 Å². The fraction of sp³-hybridized carbons (Fsp3) is 0.471. The molecule has 4 nitrogen and oxygen atoms in total. The summed E-state index contributed by atoms with van der Waals surface area (Å²) >= 11 is 1.76. The normalized spacial score (nSPS) is 16.8. The Balaban J connectivity index is 1.60. The Morgan fingerprint density at radius 3 is 2.13 bits per heavy atom. The van der Waals surface area contributed by atoms with Gasteiger partial charge in [-0.3, -0.25) is 4.79 Å². The van der Waals surface area contributed by atoms with Crippen LogP contribution in [0.2, 0.25) is 0 Å². The van der Waals surface area contributed by atoms with Gasteiger partial charge in [-0.25, -0.2) is 4.79 Å². The summed E-state index contributed by atoms with van der Waals surface area (Å²) in [5, 5.41) is 2.63. The summed E-state index contributed by atoms with van der Waals surface area (Å²) in [6.45, 7) is 6.65. The maximum absolute atomic E-state index is 13.3. The average Bonchev–Trinajstić information content (AvgIpc) is 3.38. The van der Waals surface area contributed by atoms with Gasteiger partial charge in [-0.1, -0.05) is 86.7 Å². The van der Waals surface area contributed by atoms with Gasteiger partial charge >= 0.3 is 6.09 Å². The number of benzene rings is 1. The number of hydrogen-bond donors (Lipinski definition) is 1. The molecule has 0 spiro atoms. The number of ether oxygens (including phenoxy) is 1. The summed E-state index contributed by atoms with van der Waals surface area (Å²) in [7, 11) is 0. The van der Waals surface area contributed by atoms with Crippen molar-refractivity contribution in [1.82, 2.24) is 5.32 Å². The number of rotatable bonds is 19. The van der Waals surface area contributed by atoms with E-state index >= 15 is 0 Å². The molecule has 0 radical (unpaired) electrons. The smallest absolute Gasteiger partial charge is 0.407 e. The van der Waals surface area contributed by atoms with Gasteiger partial charge in [0.1, 0.15) is 6.10 Å². The maximum Gasteiger partial charge on any atom is 0.407 e. The number of thioether (sulfide) groups is 1. The number of allylic oxidation sites excluding steroid dienone is 10. The van der Waals surface area contributed by atoms with Crippen molar-refractivity contribution >= 4 is 23.6 Å². The van der Waals surface area contributed by atoms with Crippen molar-refractivity contribution in [3.8, 4) is 0 Å². The largest absolute Gasteiger partial charge is 0.439 e. The average molecular weight is 550 g/mol. The number of hydrogen-bond acceptors (Lipinski definition) is 4. The molecule has 5 heteroatoms. The lowest BCUT2D eigenvalue weighted by atomic mass is 9.97. The third-order valence-electron chi connectivity index (χ3n) is 6.49. The van der Waals surface area contributed by atoms with Crippen molar-refractivity contribution < 1.29 is 14.3 Å². The van der Waals surface area contributed by atoms with Gasteiger partial charge in [0, 0.05) is 5.56 Å². The molecule has 0 aliphatic carbocycles. The number of ketones is 1. The molecule has 1 saturated heterocycles. The Morgan fingerprint density at radius 2 is 1.56 bits per heavy atom. The minimum atomic E-state index is -0.403. The Hall–Kier alpha value is -2.79. The van der Waals surface area contributed by atoms with Crippen LogP contribution in [0.15, 0.2) is 79.0 Å². The molecular formula is C34H47NO3S. The molecule has 1 heterocycles. The lowest BCUT2D eigenvalue weighted by molar-refractivity contribution is 0.0987. The first-order valence-electron chi connectivity index (χ1n) is 14.5. The summed E-state index contributed by atoms with van der Waals surface area (Å²) in [6.07, 6.45) is 30.7. The number of nitrogens with one attached hydrogen (secondary N) is 1. The first-order valence-corrected chi connectivity index (χ1v) is 15.6. The molecule has 1 unspecified atom stereocenters. The standard InChI is InChI=1S/C34H47NO3S/c1-4-6-7-8-9-10-11-12-13-14-15-16-17-18-19-20-21-22-25-39-32(5-2)33(36)30-26-29(24-23-28(30)3)31-27-35-34(37)38-31/h6-7,9-10,12-13,15-16,18-19,23-24,26,31-32H,4-5,8,11,14,17,20-22,25,27H2,1-3H3,(H,35,37)/b7-6-,10-9-,13-12-,16-15-,19-18-/t31-,32?/m0/s1. The molecule has 1 amide bonds. The second kappa shape index (κ2) is 20.2. The zero-order valence-electron chi connectivity index (χ0n) is 24.1. The minimum absolute atomic E-state index is 0.0445. The van der Waals surface area contributed by atoms with Gasteiger partial charge in [0.2, 0.25) is 0 Å². The highest BCUT2D eigenvalue weighted by atomic mass is 32.2. The highest BCUT2D eigenvalue weighted by molar-refractivity contribution is 8.00. The fourth-order valence-corrected chi connectivity index (χ4v) is 5.36. The molecule has 39 heavy (non-hydrogen) atoms. The van der Waals surface area contributed by atoms with E-state index in [1.54, 1.807) is 11.8 Å². The van der Waals surface area contributed by atoms with Crippen LogP contribution >= 0.6 is 11.8 Å². The molecule has 2 atom stereocenters. The van der Waals surface area contributed by atoms with Gasteiger partial charge < -0.3 is 10.1 Å². The molecular weight excluding hydrogens is 502 g/mol. The number of carbonyl (C=O) groups is 2. The number of alkyl carbamates (subject to hydrolysis) is 1. The summed E-state index contributed by atoms with van der Waals surface area (Å²) in [6, 6.07) is 5.81. The molecule has 1 aromatic carbocycles.